The van der Waals surface area contributed by atoms with Crippen molar-refractivity contribution in [2.24, 2.45) is 7.05 Å². The molecule has 10 heteroatoms. The first kappa shape index (κ1) is 31.1. The monoisotopic (exact) mass is 609 g/mol. The Bertz CT molecular complexity index is 1790. The van der Waals surface area contributed by atoms with E-state index in [-0.39, 0.29) is 12.3 Å². The number of carboxylic acid groups (broad SMARTS) is 1. The van der Waals surface area contributed by atoms with Gasteiger partial charge in [0.25, 0.3) is 5.56 Å². The molecule has 0 saturated carbocycles. The predicted molar refractivity (Wildman–Crippen MR) is 160 cm³/mol. The van der Waals surface area contributed by atoms with Crippen LogP contribution in [0.15, 0.2) is 59.4 Å². The third kappa shape index (κ3) is 6.17. The average Bonchev–Trinajstić information content (AvgIpc) is 2.96. The average molecular weight is 610 g/mol. The van der Waals surface area contributed by atoms with Gasteiger partial charge in [-0.2, -0.15) is 13.2 Å². The van der Waals surface area contributed by atoms with Crippen molar-refractivity contribution in [2.75, 3.05) is 6.61 Å². The van der Waals surface area contributed by atoms with Gasteiger partial charge in [-0.1, -0.05) is 18.2 Å². The Hall–Kier alpha value is -4.31. The molecule has 1 aliphatic rings. The number of nitrogens with zero attached hydrogens (tertiary/aromatic N) is 1. The zero-order chi connectivity index (χ0) is 32.0. The molecular weight excluding hydrogens is 575 g/mol. The number of hydrogen-bond acceptors (Lipinski definition) is 5. The number of carbonyl (C=O) groups is 1. The fraction of sp³-hybridized carbons (Fsp3) is 0.353. The van der Waals surface area contributed by atoms with Crippen LogP contribution in [0.25, 0.3) is 21.9 Å². The smallest absolute Gasteiger partial charge is 0.416 e. The third-order valence-electron chi connectivity index (χ3n) is 7.70. The first-order valence-corrected chi connectivity index (χ1v) is 14.3. The van der Waals surface area contributed by atoms with Crippen LogP contribution in [0, 0.1) is 6.92 Å². The molecule has 5 rings (SSSR count). The van der Waals surface area contributed by atoms with E-state index in [1.54, 1.807) is 39.0 Å². The normalized spacial score (nSPS) is 14.2. The molecule has 44 heavy (non-hydrogen) atoms. The number of halogens is 3. The minimum absolute atomic E-state index is 0.0145. The van der Waals surface area contributed by atoms with Crippen LogP contribution >= 0.6 is 0 Å². The second-order valence-corrected chi connectivity index (χ2v) is 11.9. The van der Waals surface area contributed by atoms with Crippen LogP contribution < -0.4 is 15.0 Å². The van der Waals surface area contributed by atoms with E-state index in [0.29, 0.717) is 34.3 Å². The van der Waals surface area contributed by atoms with Gasteiger partial charge >= 0.3 is 12.1 Å². The summed E-state index contributed by atoms with van der Waals surface area (Å²) in [6.45, 7) is 7.83. The molecule has 0 amide bonds. The van der Waals surface area contributed by atoms with Gasteiger partial charge in [-0.25, -0.2) is 4.79 Å². The van der Waals surface area contributed by atoms with Crippen LogP contribution in [0.4, 0.5) is 13.2 Å². The standard InChI is InChI=1S/C34H34F3NO6/c1-19-23-7-6-16-42-27(23)15-14-24(19)28-25-13-12-22(43-18-20-8-10-21(11-9-20)34(35,36)37)17-26(25)31(39)38(5)29(28)30(32(40)41)44-33(2,3)4/h8-15,17,30H,6-7,16,18H2,1-5H3,(H,40,41). The summed E-state index contributed by atoms with van der Waals surface area (Å²) in [6.07, 6.45) is -4.23. The number of fused-ring (bicyclic) bond motifs is 2. The first-order valence-electron chi connectivity index (χ1n) is 14.3. The van der Waals surface area contributed by atoms with Crippen molar-refractivity contribution < 1.29 is 37.3 Å². The molecule has 4 aromatic rings. The number of aliphatic carboxylic acids is 1. The van der Waals surface area contributed by atoms with Crippen LogP contribution in [0.1, 0.15) is 61.2 Å². The van der Waals surface area contributed by atoms with Crippen LogP contribution in [-0.4, -0.2) is 27.9 Å². The molecular formula is C34H34F3NO6. The lowest BCUT2D eigenvalue weighted by Gasteiger charge is -2.29. The molecule has 1 unspecified atom stereocenters. The highest BCUT2D eigenvalue weighted by atomic mass is 19.4. The van der Waals surface area contributed by atoms with Crippen LogP contribution in [0.2, 0.25) is 0 Å². The van der Waals surface area contributed by atoms with Gasteiger partial charge in [-0.15, -0.1) is 0 Å². The second-order valence-electron chi connectivity index (χ2n) is 11.9. The Morgan fingerprint density at radius 2 is 1.75 bits per heavy atom. The molecule has 1 aromatic heterocycles. The summed E-state index contributed by atoms with van der Waals surface area (Å²) in [5.41, 5.74) is 1.97. The van der Waals surface area contributed by atoms with Crippen LogP contribution in [0.3, 0.4) is 0 Å². The summed E-state index contributed by atoms with van der Waals surface area (Å²) >= 11 is 0. The number of ether oxygens (including phenoxy) is 3. The topological polar surface area (TPSA) is 87.0 Å². The number of carboxylic acids is 1. The van der Waals surface area contributed by atoms with E-state index in [4.69, 9.17) is 14.2 Å². The number of alkyl halides is 3. The van der Waals surface area contributed by atoms with Gasteiger partial charge in [0.15, 0.2) is 6.10 Å². The van der Waals surface area contributed by atoms with Crippen molar-refractivity contribution in [3.8, 4) is 22.6 Å². The van der Waals surface area contributed by atoms with Gasteiger partial charge in [0.2, 0.25) is 0 Å². The van der Waals surface area contributed by atoms with Crippen molar-refractivity contribution in [2.45, 2.75) is 65.0 Å². The minimum atomic E-state index is -4.44. The molecule has 0 bridgehead atoms. The van der Waals surface area contributed by atoms with E-state index in [2.05, 4.69) is 0 Å². The predicted octanol–water partition coefficient (Wildman–Crippen LogP) is 7.38. The quantitative estimate of drug-likeness (QED) is 0.235. The minimum Gasteiger partial charge on any atom is -0.493 e. The maximum atomic E-state index is 13.8. The number of pyridine rings is 1. The SMILES string of the molecule is Cc1c(-c2c(C(OC(C)(C)C)C(=O)O)n(C)c(=O)c3cc(OCc4ccc(C(F)(F)F)cc4)ccc23)ccc2c1CCCO2. The van der Waals surface area contributed by atoms with Crippen molar-refractivity contribution in [1.82, 2.24) is 4.57 Å². The van der Waals surface area contributed by atoms with Gasteiger partial charge < -0.3 is 23.9 Å². The van der Waals surface area contributed by atoms with Crippen molar-refractivity contribution in [1.29, 1.82) is 0 Å². The summed E-state index contributed by atoms with van der Waals surface area (Å²) in [6, 6.07) is 13.4. The first-order chi connectivity index (χ1) is 20.7. The number of rotatable bonds is 7. The van der Waals surface area contributed by atoms with Crippen LogP contribution in [0.5, 0.6) is 11.5 Å². The number of benzene rings is 3. The van der Waals surface area contributed by atoms with E-state index in [9.17, 15) is 27.9 Å². The maximum Gasteiger partial charge on any atom is 0.416 e. The zero-order valence-electron chi connectivity index (χ0n) is 25.2. The molecule has 0 radical (unpaired) electrons. The molecule has 1 N–H and O–H groups in total. The van der Waals surface area contributed by atoms with Crippen molar-refractivity contribution in [3.05, 3.63) is 92.9 Å². The zero-order valence-corrected chi connectivity index (χ0v) is 25.2. The van der Waals surface area contributed by atoms with E-state index >= 15 is 0 Å². The molecule has 0 spiro atoms. The Kier molecular flexibility index (Phi) is 8.24. The summed E-state index contributed by atoms with van der Waals surface area (Å²) in [5.74, 6) is -0.108. The number of hydrogen-bond donors (Lipinski definition) is 1. The molecule has 2 heterocycles. The molecule has 3 aromatic carbocycles. The van der Waals surface area contributed by atoms with E-state index in [1.807, 2.05) is 19.1 Å². The Morgan fingerprint density at radius 1 is 1.05 bits per heavy atom. The largest absolute Gasteiger partial charge is 0.493 e. The van der Waals surface area contributed by atoms with Crippen LogP contribution in [-0.2, 0) is 35.8 Å². The Morgan fingerprint density at radius 3 is 2.39 bits per heavy atom. The van der Waals surface area contributed by atoms with Crippen molar-refractivity contribution in [3.63, 3.8) is 0 Å². The molecule has 1 aliphatic heterocycles. The molecule has 0 aliphatic carbocycles. The van der Waals surface area contributed by atoms with Gasteiger partial charge in [-0.05, 0) is 105 Å². The van der Waals surface area contributed by atoms with Gasteiger partial charge in [0, 0.05) is 12.6 Å². The second kappa shape index (κ2) is 11.6. The van der Waals surface area contributed by atoms with E-state index in [0.717, 1.165) is 47.4 Å². The molecule has 1 atom stereocenters. The molecule has 7 nitrogen and oxygen atoms in total. The number of aromatic nitrogens is 1. The van der Waals surface area contributed by atoms with Gasteiger partial charge in [-0.3, -0.25) is 4.79 Å². The summed E-state index contributed by atoms with van der Waals surface area (Å²) in [5, 5.41) is 11.2. The summed E-state index contributed by atoms with van der Waals surface area (Å²) in [4.78, 5) is 26.5. The fourth-order valence-electron chi connectivity index (χ4n) is 5.61. The highest BCUT2D eigenvalue weighted by molar-refractivity contribution is 6.00. The fourth-order valence-corrected chi connectivity index (χ4v) is 5.61. The lowest BCUT2D eigenvalue weighted by atomic mass is 9.88. The van der Waals surface area contributed by atoms with E-state index in [1.165, 1.54) is 23.7 Å². The highest BCUT2D eigenvalue weighted by Crippen LogP contribution is 2.42. The third-order valence-corrected chi connectivity index (χ3v) is 7.70. The summed E-state index contributed by atoms with van der Waals surface area (Å²) < 4.78 is 57.9. The lowest BCUT2D eigenvalue weighted by molar-refractivity contribution is -0.161. The van der Waals surface area contributed by atoms with Gasteiger partial charge in [0.1, 0.15) is 18.1 Å². The molecule has 0 saturated heterocycles. The van der Waals surface area contributed by atoms with Gasteiger partial charge in [0.05, 0.1) is 28.9 Å². The Labute approximate surface area is 252 Å². The van der Waals surface area contributed by atoms with E-state index < -0.39 is 35.0 Å². The summed E-state index contributed by atoms with van der Waals surface area (Å²) in [7, 11) is 1.52. The van der Waals surface area contributed by atoms with Crippen molar-refractivity contribution >= 4 is 16.7 Å². The molecule has 0 fully saturated rings. The Balaban J connectivity index is 1.66. The molecule has 232 valence electrons. The highest BCUT2D eigenvalue weighted by Gasteiger charge is 2.34. The maximum absolute atomic E-state index is 13.8. The lowest BCUT2D eigenvalue weighted by Crippen LogP contribution is -2.33.